The zero-order chi connectivity index (χ0) is 29.4. The van der Waals surface area contributed by atoms with Crippen molar-refractivity contribution in [1.82, 2.24) is 14.2 Å². The number of hydrogen-bond donors (Lipinski definition) is 0. The summed E-state index contributed by atoms with van der Waals surface area (Å²) < 4.78 is 44.8. The zero-order valence-corrected chi connectivity index (χ0v) is 24.9. The second-order valence-corrected chi connectivity index (χ2v) is 13.8. The van der Waals surface area contributed by atoms with Crippen LogP contribution in [-0.2, 0) is 37.3 Å². The van der Waals surface area contributed by atoms with E-state index in [1.165, 1.54) is 4.31 Å². The monoisotopic (exact) mass is 586 g/mol. The van der Waals surface area contributed by atoms with Crippen LogP contribution in [0, 0.1) is 0 Å². The first-order chi connectivity index (χ1) is 19.4. The maximum Gasteiger partial charge on any atom is 0.410 e. The van der Waals surface area contributed by atoms with Crippen LogP contribution in [0.2, 0.25) is 0 Å². The SMILES string of the molecule is CC1OCCOC[C@@H]1S(=O)(=O)N1Cc2cnc(C(=O)c3cccc(N4CCN(C(=O)OC(C)(C)C)CC4)c3)cc2C1. The third-order valence-electron chi connectivity index (χ3n) is 7.57. The maximum atomic E-state index is 13.4. The number of rotatable bonds is 5. The van der Waals surface area contributed by atoms with Crippen LogP contribution in [0.4, 0.5) is 10.5 Å². The van der Waals surface area contributed by atoms with Gasteiger partial charge in [0.05, 0.1) is 25.9 Å². The Labute approximate surface area is 241 Å². The van der Waals surface area contributed by atoms with Crippen LogP contribution < -0.4 is 4.90 Å². The van der Waals surface area contributed by atoms with Crippen molar-refractivity contribution in [2.24, 2.45) is 0 Å². The molecule has 1 amide bonds. The average molecular weight is 587 g/mol. The Bertz CT molecular complexity index is 1400. The van der Waals surface area contributed by atoms with E-state index in [2.05, 4.69) is 9.88 Å². The van der Waals surface area contributed by atoms with Crippen LogP contribution in [0.25, 0.3) is 0 Å². The van der Waals surface area contributed by atoms with Crippen molar-refractivity contribution in [3.05, 3.63) is 58.9 Å². The molecule has 0 saturated carbocycles. The molecule has 0 aliphatic carbocycles. The largest absolute Gasteiger partial charge is 0.444 e. The van der Waals surface area contributed by atoms with E-state index < -0.39 is 27.0 Å². The first-order valence-electron chi connectivity index (χ1n) is 14.0. The molecule has 11 nitrogen and oxygen atoms in total. The maximum absolute atomic E-state index is 13.4. The van der Waals surface area contributed by atoms with Crippen LogP contribution in [0.15, 0.2) is 36.5 Å². The van der Waals surface area contributed by atoms with E-state index in [1.54, 1.807) is 30.2 Å². The minimum atomic E-state index is -3.69. The quantitative estimate of drug-likeness (QED) is 0.488. The number of nitrogens with zero attached hydrogens (tertiary/aromatic N) is 4. The van der Waals surface area contributed by atoms with E-state index in [0.29, 0.717) is 45.0 Å². The van der Waals surface area contributed by atoms with Crippen LogP contribution >= 0.6 is 0 Å². The molecule has 0 bridgehead atoms. The highest BCUT2D eigenvalue weighted by Crippen LogP contribution is 2.30. The smallest absolute Gasteiger partial charge is 0.410 e. The molecule has 1 aromatic heterocycles. The fourth-order valence-electron chi connectivity index (χ4n) is 5.28. The van der Waals surface area contributed by atoms with Crippen molar-refractivity contribution in [2.45, 2.75) is 57.7 Å². The van der Waals surface area contributed by atoms with Crippen molar-refractivity contribution in [2.75, 3.05) is 50.9 Å². The van der Waals surface area contributed by atoms with E-state index in [0.717, 1.165) is 16.8 Å². The molecule has 41 heavy (non-hydrogen) atoms. The summed E-state index contributed by atoms with van der Waals surface area (Å²) in [6.45, 7) is 10.8. The molecule has 2 saturated heterocycles. The number of fused-ring (bicyclic) bond motifs is 1. The number of amides is 1. The van der Waals surface area contributed by atoms with Crippen molar-refractivity contribution >= 4 is 27.6 Å². The van der Waals surface area contributed by atoms with Crippen molar-refractivity contribution in [1.29, 1.82) is 0 Å². The summed E-state index contributed by atoms with van der Waals surface area (Å²) >= 11 is 0. The Hall–Kier alpha value is -3.06. The lowest BCUT2D eigenvalue weighted by Crippen LogP contribution is -2.50. The van der Waals surface area contributed by atoms with Crippen LogP contribution in [-0.4, -0.2) is 97.4 Å². The summed E-state index contributed by atoms with van der Waals surface area (Å²) in [7, 11) is -3.69. The average Bonchev–Trinajstić information content (AvgIpc) is 3.26. The van der Waals surface area contributed by atoms with Gasteiger partial charge in [0.15, 0.2) is 0 Å². The third-order valence-corrected chi connectivity index (χ3v) is 9.83. The minimum Gasteiger partial charge on any atom is -0.444 e. The van der Waals surface area contributed by atoms with Gasteiger partial charge in [-0.15, -0.1) is 0 Å². The van der Waals surface area contributed by atoms with Crippen LogP contribution in [0.3, 0.4) is 0 Å². The Kier molecular flexibility index (Phi) is 8.38. The van der Waals surface area contributed by atoms with Gasteiger partial charge in [-0.3, -0.25) is 9.78 Å². The lowest BCUT2D eigenvalue weighted by atomic mass is 10.0. The topological polar surface area (TPSA) is 119 Å². The number of anilines is 1. The van der Waals surface area contributed by atoms with Gasteiger partial charge in [0, 0.05) is 56.7 Å². The summed E-state index contributed by atoms with van der Waals surface area (Å²) in [5.74, 6) is -0.234. The summed E-state index contributed by atoms with van der Waals surface area (Å²) in [6.07, 6.45) is 0.802. The molecule has 1 unspecified atom stereocenters. The fraction of sp³-hybridized carbons (Fsp3) is 0.552. The van der Waals surface area contributed by atoms with Gasteiger partial charge in [0.1, 0.15) is 16.5 Å². The number of ketones is 1. The first kappa shape index (κ1) is 29.4. The summed E-state index contributed by atoms with van der Waals surface area (Å²) in [5.41, 5.74) is 2.66. The Morgan fingerprint density at radius 1 is 1.02 bits per heavy atom. The number of ether oxygens (including phenoxy) is 3. The lowest BCUT2D eigenvalue weighted by molar-refractivity contribution is 0.0240. The molecule has 0 radical (unpaired) electrons. The number of hydrogen-bond acceptors (Lipinski definition) is 9. The lowest BCUT2D eigenvalue weighted by Gasteiger charge is -2.36. The highest BCUT2D eigenvalue weighted by molar-refractivity contribution is 7.89. The first-order valence-corrected chi connectivity index (χ1v) is 15.5. The molecule has 12 heteroatoms. The molecule has 4 heterocycles. The Morgan fingerprint density at radius 2 is 1.76 bits per heavy atom. The molecule has 0 N–H and O–H groups in total. The Morgan fingerprint density at radius 3 is 2.49 bits per heavy atom. The van der Waals surface area contributed by atoms with Gasteiger partial charge in [-0.1, -0.05) is 12.1 Å². The van der Waals surface area contributed by atoms with E-state index in [-0.39, 0.29) is 37.3 Å². The standard InChI is InChI=1S/C29H38N4O7S/c1-20-26(19-38-12-13-39-20)41(36,37)33-17-22-15-25(30-16-23(22)18-33)27(34)21-6-5-7-24(14-21)31-8-10-32(11-9-31)28(35)40-29(2,3)4/h5-7,14-16,20,26H,8-13,17-19H2,1-4H3/t20?,26-/m0/s1. The van der Waals surface area contributed by atoms with Crippen LogP contribution in [0.1, 0.15) is 54.9 Å². The predicted molar refractivity (Wildman–Crippen MR) is 152 cm³/mol. The molecule has 3 aliphatic rings. The molecular formula is C29H38N4O7S. The summed E-state index contributed by atoms with van der Waals surface area (Å²) in [4.78, 5) is 34.1. The van der Waals surface area contributed by atoms with E-state index >= 15 is 0 Å². The highest BCUT2D eigenvalue weighted by atomic mass is 32.2. The number of pyridine rings is 1. The second-order valence-electron chi connectivity index (χ2n) is 11.7. The molecule has 2 atom stereocenters. The van der Waals surface area contributed by atoms with Gasteiger partial charge in [-0.25, -0.2) is 13.2 Å². The molecule has 222 valence electrons. The number of benzene rings is 1. The van der Waals surface area contributed by atoms with Crippen molar-refractivity contribution in [3.63, 3.8) is 0 Å². The van der Waals surface area contributed by atoms with Gasteiger partial charge in [0.2, 0.25) is 15.8 Å². The number of carbonyl (C=O) groups excluding carboxylic acids is 2. The van der Waals surface area contributed by atoms with Crippen molar-refractivity contribution in [3.8, 4) is 0 Å². The predicted octanol–water partition coefficient (Wildman–Crippen LogP) is 2.82. The molecule has 5 rings (SSSR count). The normalized spacial score (nSPS) is 22.2. The van der Waals surface area contributed by atoms with Crippen LogP contribution in [0.5, 0.6) is 0 Å². The van der Waals surface area contributed by atoms with Crippen molar-refractivity contribution < 1.29 is 32.2 Å². The van der Waals surface area contributed by atoms with E-state index in [9.17, 15) is 18.0 Å². The number of piperazine rings is 1. The van der Waals surface area contributed by atoms with Gasteiger partial charge in [-0.05, 0) is 57.0 Å². The van der Waals surface area contributed by atoms with E-state index in [4.69, 9.17) is 14.2 Å². The van der Waals surface area contributed by atoms with Gasteiger partial charge >= 0.3 is 6.09 Å². The number of sulfonamides is 1. The summed E-state index contributed by atoms with van der Waals surface area (Å²) in [5, 5.41) is -0.790. The third kappa shape index (κ3) is 6.56. The molecule has 2 fully saturated rings. The van der Waals surface area contributed by atoms with Gasteiger partial charge in [-0.2, -0.15) is 4.31 Å². The number of aromatic nitrogens is 1. The minimum absolute atomic E-state index is 0.0880. The molecule has 1 aromatic carbocycles. The second kappa shape index (κ2) is 11.7. The van der Waals surface area contributed by atoms with Gasteiger partial charge in [0.25, 0.3) is 0 Å². The highest BCUT2D eigenvalue weighted by Gasteiger charge is 2.40. The molecular weight excluding hydrogens is 548 g/mol. The zero-order valence-electron chi connectivity index (χ0n) is 24.0. The Balaban J connectivity index is 1.25. The van der Waals surface area contributed by atoms with E-state index in [1.807, 2.05) is 39.0 Å². The molecule has 2 aromatic rings. The van der Waals surface area contributed by atoms with Gasteiger partial charge < -0.3 is 24.0 Å². The summed E-state index contributed by atoms with van der Waals surface area (Å²) in [6, 6.07) is 9.07. The molecule has 0 spiro atoms. The number of carbonyl (C=O) groups is 2. The molecule has 3 aliphatic heterocycles. The fourth-order valence-corrected chi connectivity index (χ4v) is 7.13.